The summed E-state index contributed by atoms with van der Waals surface area (Å²) in [5.74, 6) is 0.206. The lowest BCUT2D eigenvalue weighted by atomic mass is 10.1. The molecule has 33 heavy (non-hydrogen) atoms. The van der Waals surface area contributed by atoms with Crippen molar-refractivity contribution in [2.24, 2.45) is 16.6 Å². The lowest BCUT2D eigenvalue weighted by Crippen LogP contribution is -2.35. The number of benzene rings is 1. The maximum atomic E-state index is 12.6. The zero-order valence-corrected chi connectivity index (χ0v) is 20.1. The van der Waals surface area contributed by atoms with E-state index in [-0.39, 0.29) is 35.4 Å². The Morgan fingerprint density at radius 1 is 1.36 bits per heavy atom. The number of rotatable bonds is 7. The minimum Gasteiger partial charge on any atom is -0.508 e. The number of anilines is 1. The molecule has 0 bridgehead atoms. The monoisotopic (exact) mass is 470 g/mol. The van der Waals surface area contributed by atoms with Crippen LogP contribution in [0.15, 0.2) is 35.6 Å². The summed E-state index contributed by atoms with van der Waals surface area (Å²) in [6.45, 7) is 8.83. The van der Waals surface area contributed by atoms with E-state index in [9.17, 15) is 14.7 Å². The van der Waals surface area contributed by atoms with Crippen molar-refractivity contribution in [3.05, 3.63) is 46.6 Å². The smallest absolute Gasteiger partial charge is 0.267 e. The fraction of sp³-hybridized carbons (Fsp3) is 0.391. The number of nitrogens with one attached hydrogen (secondary N) is 2. The Balaban J connectivity index is 1.56. The van der Waals surface area contributed by atoms with Crippen LogP contribution in [0.3, 0.4) is 0 Å². The van der Waals surface area contributed by atoms with Gasteiger partial charge in [0, 0.05) is 36.8 Å². The molecule has 1 unspecified atom stereocenters. The van der Waals surface area contributed by atoms with Crippen LogP contribution in [0.4, 0.5) is 10.8 Å². The first-order valence-electron chi connectivity index (χ1n) is 10.8. The van der Waals surface area contributed by atoms with Gasteiger partial charge in [-0.3, -0.25) is 9.59 Å². The lowest BCUT2D eigenvalue weighted by molar-refractivity contribution is -0.133. The van der Waals surface area contributed by atoms with Crippen molar-refractivity contribution in [3.8, 4) is 5.75 Å². The van der Waals surface area contributed by atoms with Gasteiger partial charge in [-0.05, 0) is 38.0 Å². The topological polar surface area (TPSA) is 133 Å². The van der Waals surface area contributed by atoms with Gasteiger partial charge in [0.15, 0.2) is 0 Å². The highest BCUT2D eigenvalue weighted by atomic mass is 32.1. The van der Waals surface area contributed by atoms with Gasteiger partial charge in [-0.15, -0.1) is 0 Å². The summed E-state index contributed by atoms with van der Waals surface area (Å²) in [5, 5.41) is 16.3. The van der Waals surface area contributed by atoms with Crippen LogP contribution in [0.1, 0.15) is 41.1 Å². The number of nitrogens with two attached hydrogens (primary N) is 1. The number of amides is 2. The average molecular weight is 471 g/mol. The predicted octanol–water partition coefficient (Wildman–Crippen LogP) is 3.07. The van der Waals surface area contributed by atoms with Crippen LogP contribution in [-0.2, 0) is 4.79 Å². The Labute approximate surface area is 197 Å². The number of hydrogen-bond donors (Lipinski definition) is 4. The minimum absolute atomic E-state index is 0.000211. The van der Waals surface area contributed by atoms with E-state index in [0.717, 1.165) is 29.9 Å². The molecule has 1 fully saturated rings. The largest absolute Gasteiger partial charge is 0.508 e. The number of phenols is 1. The van der Waals surface area contributed by atoms with E-state index >= 15 is 0 Å². The van der Waals surface area contributed by atoms with Crippen molar-refractivity contribution in [2.75, 3.05) is 18.4 Å². The van der Waals surface area contributed by atoms with Gasteiger partial charge in [0.05, 0.1) is 11.9 Å². The standard InChI is InChI=1S/C23H30N6O3S/c1-13(2)22(32)29-10-8-16(12-29)25-9-7-19(24)27-23-26-11-18(33-23)21(31)28-20-14(3)5-6-17(30)15(20)4/h5-7,9,11,13,16,25,30H,8,10,12H2,1-4H3,(H,28,31)(H2,24,26,27)/b9-7-. The summed E-state index contributed by atoms with van der Waals surface area (Å²) >= 11 is 1.12. The molecule has 2 aromatic rings. The molecule has 2 amide bonds. The van der Waals surface area contributed by atoms with Crippen LogP contribution >= 0.6 is 11.3 Å². The van der Waals surface area contributed by atoms with Gasteiger partial charge in [-0.1, -0.05) is 31.3 Å². The Hall–Kier alpha value is -3.40. The number of carbonyl (C=O) groups excluding carboxylic acids is 2. The van der Waals surface area contributed by atoms with Crippen LogP contribution in [0.2, 0.25) is 0 Å². The molecule has 5 N–H and O–H groups in total. The minimum atomic E-state index is -0.330. The summed E-state index contributed by atoms with van der Waals surface area (Å²) in [5.41, 5.74) is 8.00. The van der Waals surface area contributed by atoms with Crippen LogP contribution in [-0.4, -0.2) is 51.8 Å². The van der Waals surface area contributed by atoms with Crippen LogP contribution in [0.5, 0.6) is 5.75 Å². The Bertz CT molecular complexity index is 1090. The highest BCUT2D eigenvalue weighted by Crippen LogP contribution is 2.29. The second kappa shape index (κ2) is 10.5. The molecule has 1 aromatic heterocycles. The van der Waals surface area contributed by atoms with Gasteiger partial charge in [-0.2, -0.15) is 0 Å². The van der Waals surface area contributed by atoms with E-state index in [1.807, 2.05) is 25.7 Å². The molecule has 1 atom stereocenters. The first-order valence-corrected chi connectivity index (χ1v) is 11.6. The van der Waals surface area contributed by atoms with E-state index in [4.69, 9.17) is 5.73 Å². The Morgan fingerprint density at radius 3 is 2.85 bits per heavy atom. The Kier molecular flexibility index (Phi) is 7.70. The summed E-state index contributed by atoms with van der Waals surface area (Å²) in [4.78, 5) is 35.3. The molecule has 0 saturated carbocycles. The number of phenolic OH excluding ortho intramolecular Hbond substituents is 1. The van der Waals surface area contributed by atoms with E-state index < -0.39 is 0 Å². The highest BCUT2D eigenvalue weighted by molar-refractivity contribution is 7.17. The molecule has 1 saturated heterocycles. The zero-order valence-electron chi connectivity index (χ0n) is 19.3. The molecule has 176 valence electrons. The summed E-state index contributed by atoms with van der Waals surface area (Å²) in [7, 11) is 0. The second-order valence-electron chi connectivity index (χ2n) is 8.32. The zero-order chi connectivity index (χ0) is 24.1. The second-order valence-corrected chi connectivity index (χ2v) is 9.33. The van der Waals surface area contributed by atoms with Gasteiger partial charge < -0.3 is 26.4 Å². The molecule has 2 heterocycles. The maximum Gasteiger partial charge on any atom is 0.267 e. The fourth-order valence-electron chi connectivity index (χ4n) is 3.50. The number of hydrogen-bond acceptors (Lipinski definition) is 7. The highest BCUT2D eigenvalue weighted by Gasteiger charge is 2.26. The molecule has 1 aliphatic heterocycles. The molecule has 9 nitrogen and oxygen atoms in total. The van der Waals surface area contributed by atoms with Gasteiger partial charge in [-0.25, -0.2) is 9.98 Å². The Morgan fingerprint density at radius 2 is 2.12 bits per heavy atom. The van der Waals surface area contributed by atoms with Crippen molar-refractivity contribution in [3.63, 3.8) is 0 Å². The quantitative estimate of drug-likeness (QED) is 0.363. The van der Waals surface area contributed by atoms with Gasteiger partial charge >= 0.3 is 0 Å². The van der Waals surface area contributed by atoms with Gasteiger partial charge in [0.2, 0.25) is 11.0 Å². The van der Waals surface area contributed by atoms with Crippen molar-refractivity contribution in [1.82, 2.24) is 15.2 Å². The number of amidine groups is 1. The molecular formula is C23H30N6O3S. The number of aryl methyl sites for hydroxylation is 1. The average Bonchev–Trinajstić information content (AvgIpc) is 3.43. The SMILES string of the molecule is Cc1ccc(O)c(C)c1NC(=O)c1cnc(/N=C(N)\C=C/NC2CCN(C(=O)C(C)C)C2)s1. The third-order valence-electron chi connectivity index (χ3n) is 5.41. The van der Waals surface area contributed by atoms with Gasteiger partial charge in [0.1, 0.15) is 16.5 Å². The third kappa shape index (κ3) is 6.10. The van der Waals surface area contributed by atoms with Gasteiger partial charge in [0.25, 0.3) is 5.91 Å². The lowest BCUT2D eigenvalue weighted by Gasteiger charge is -2.18. The predicted molar refractivity (Wildman–Crippen MR) is 131 cm³/mol. The number of thiazole rings is 1. The summed E-state index contributed by atoms with van der Waals surface area (Å²) in [6, 6.07) is 3.52. The number of carbonyl (C=O) groups is 2. The van der Waals surface area contributed by atoms with Crippen LogP contribution in [0.25, 0.3) is 0 Å². The normalized spacial score (nSPS) is 16.6. The third-order valence-corrected chi connectivity index (χ3v) is 6.30. The number of nitrogens with zero attached hydrogens (tertiary/aromatic N) is 3. The molecule has 0 spiro atoms. The first kappa shape index (κ1) is 24.2. The molecule has 10 heteroatoms. The van der Waals surface area contributed by atoms with E-state index in [0.29, 0.717) is 27.8 Å². The molecule has 1 aromatic carbocycles. The van der Waals surface area contributed by atoms with Crippen LogP contribution in [0, 0.1) is 19.8 Å². The number of aromatic nitrogens is 1. The van der Waals surface area contributed by atoms with Crippen molar-refractivity contribution < 1.29 is 14.7 Å². The molecule has 0 aliphatic carbocycles. The number of aliphatic imine (C=N–C) groups is 1. The molecule has 3 rings (SSSR count). The van der Waals surface area contributed by atoms with Crippen molar-refractivity contribution in [1.29, 1.82) is 0 Å². The fourth-order valence-corrected chi connectivity index (χ4v) is 4.21. The van der Waals surface area contributed by atoms with E-state index in [2.05, 4.69) is 20.6 Å². The van der Waals surface area contributed by atoms with Crippen molar-refractivity contribution >= 4 is 39.8 Å². The van der Waals surface area contributed by atoms with E-state index in [1.54, 1.807) is 31.3 Å². The summed E-state index contributed by atoms with van der Waals surface area (Å²) in [6.07, 6.45) is 5.68. The number of likely N-dealkylation sites (tertiary alicyclic amines) is 1. The summed E-state index contributed by atoms with van der Waals surface area (Å²) < 4.78 is 0. The molecule has 0 radical (unpaired) electrons. The van der Waals surface area contributed by atoms with Crippen molar-refractivity contribution in [2.45, 2.75) is 40.2 Å². The van der Waals surface area contributed by atoms with Crippen LogP contribution < -0.4 is 16.4 Å². The van der Waals surface area contributed by atoms with E-state index in [1.165, 1.54) is 6.20 Å². The maximum absolute atomic E-state index is 12.6. The first-order chi connectivity index (χ1) is 15.7. The number of aromatic hydroxyl groups is 1. The molecule has 1 aliphatic rings. The molecular weight excluding hydrogens is 440 g/mol.